The molecule has 0 spiro atoms. The van der Waals surface area contributed by atoms with Gasteiger partial charge in [0.05, 0.1) is 5.56 Å². The SMILES string of the molecule is Cc1ccccc1-n1c(C)cc(C(=O)NC(CC(F)F)C(=O)O)c1C. The first-order chi connectivity index (χ1) is 11.7. The van der Waals surface area contributed by atoms with Crippen molar-refractivity contribution in [1.29, 1.82) is 0 Å². The number of carbonyl (C=O) groups is 2. The van der Waals surface area contributed by atoms with Crippen LogP contribution in [-0.2, 0) is 4.79 Å². The number of halogens is 2. The number of aromatic nitrogens is 1. The van der Waals surface area contributed by atoms with Gasteiger partial charge in [-0.05, 0) is 38.5 Å². The molecule has 0 aliphatic heterocycles. The molecule has 2 aromatic rings. The number of hydrogen-bond acceptors (Lipinski definition) is 2. The minimum atomic E-state index is -2.82. The Hall–Kier alpha value is -2.70. The van der Waals surface area contributed by atoms with Gasteiger partial charge in [0.25, 0.3) is 5.91 Å². The first kappa shape index (κ1) is 18.6. The molecule has 134 valence electrons. The number of carbonyl (C=O) groups excluding carboxylic acids is 1. The van der Waals surface area contributed by atoms with E-state index in [9.17, 15) is 18.4 Å². The average molecular weight is 350 g/mol. The molecule has 0 saturated carbocycles. The van der Waals surface area contributed by atoms with Crippen molar-refractivity contribution >= 4 is 11.9 Å². The molecule has 0 aliphatic rings. The van der Waals surface area contributed by atoms with Gasteiger partial charge in [0.15, 0.2) is 0 Å². The second-order valence-electron chi connectivity index (χ2n) is 5.90. The summed E-state index contributed by atoms with van der Waals surface area (Å²) in [6.07, 6.45) is -3.75. The second kappa shape index (κ2) is 7.46. The summed E-state index contributed by atoms with van der Waals surface area (Å²) in [4.78, 5) is 23.5. The highest BCUT2D eigenvalue weighted by Gasteiger charge is 2.26. The average Bonchev–Trinajstić information content (AvgIpc) is 2.82. The minimum absolute atomic E-state index is 0.265. The molecule has 1 atom stereocenters. The van der Waals surface area contributed by atoms with Crippen molar-refractivity contribution in [3.8, 4) is 5.69 Å². The van der Waals surface area contributed by atoms with Crippen molar-refractivity contribution in [1.82, 2.24) is 9.88 Å². The summed E-state index contributed by atoms with van der Waals surface area (Å²) in [7, 11) is 0. The maximum atomic E-state index is 12.5. The number of aliphatic carboxylic acids is 1. The van der Waals surface area contributed by atoms with Crippen molar-refractivity contribution in [3.63, 3.8) is 0 Å². The molecular formula is C18H20F2N2O3. The molecule has 1 unspecified atom stereocenters. The Balaban J connectivity index is 2.35. The lowest BCUT2D eigenvalue weighted by Crippen LogP contribution is -2.42. The maximum absolute atomic E-state index is 12.5. The number of carboxylic acids is 1. The number of alkyl halides is 2. The van der Waals surface area contributed by atoms with Gasteiger partial charge < -0.3 is 15.0 Å². The van der Waals surface area contributed by atoms with Crippen molar-refractivity contribution in [2.24, 2.45) is 0 Å². The van der Waals surface area contributed by atoms with Crippen LogP contribution in [0.25, 0.3) is 5.69 Å². The van der Waals surface area contributed by atoms with Gasteiger partial charge in [0.1, 0.15) is 6.04 Å². The number of aryl methyl sites for hydroxylation is 2. The van der Waals surface area contributed by atoms with Crippen LogP contribution in [0.2, 0.25) is 0 Å². The normalized spacial score (nSPS) is 12.2. The van der Waals surface area contributed by atoms with Crippen LogP contribution in [0, 0.1) is 20.8 Å². The number of rotatable bonds is 6. The van der Waals surface area contributed by atoms with Crippen molar-refractivity contribution in [2.75, 3.05) is 0 Å². The Bertz CT molecular complexity index is 800. The van der Waals surface area contributed by atoms with Crippen LogP contribution >= 0.6 is 0 Å². The fraction of sp³-hybridized carbons (Fsp3) is 0.333. The third-order valence-electron chi connectivity index (χ3n) is 4.05. The Morgan fingerprint density at radius 1 is 1.20 bits per heavy atom. The number of amides is 1. The lowest BCUT2D eigenvalue weighted by atomic mass is 10.1. The lowest BCUT2D eigenvalue weighted by molar-refractivity contribution is -0.140. The highest BCUT2D eigenvalue weighted by molar-refractivity contribution is 5.98. The number of hydrogen-bond donors (Lipinski definition) is 2. The molecule has 5 nitrogen and oxygen atoms in total. The predicted molar refractivity (Wildman–Crippen MR) is 89.5 cm³/mol. The predicted octanol–water partition coefficient (Wildman–Crippen LogP) is 3.24. The molecule has 25 heavy (non-hydrogen) atoms. The summed E-state index contributed by atoms with van der Waals surface area (Å²) < 4.78 is 26.9. The van der Waals surface area contributed by atoms with E-state index >= 15 is 0 Å². The topological polar surface area (TPSA) is 71.3 Å². The molecule has 2 N–H and O–H groups in total. The molecule has 0 fully saturated rings. The summed E-state index contributed by atoms with van der Waals surface area (Å²) in [6, 6.07) is 7.63. The van der Waals surface area contributed by atoms with Crippen LogP contribution in [-0.4, -0.2) is 34.0 Å². The minimum Gasteiger partial charge on any atom is -0.480 e. The van der Waals surface area contributed by atoms with E-state index < -0.39 is 30.8 Å². The molecule has 1 aromatic heterocycles. The molecule has 0 bridgehead atoms. The van der Waals surface area contributed by atoms with Crippen LogP contribution < -0.4 is 5.32 Å². The van der Waals surface area contributed by atoms with E-state index in [0.717, 1.165) is 16.9 Å². The zero-order chi connectivity index (χ0) is 18.7. The van der Waals surface area contributed by atoms with E-state index in [1.165, 1.54) is 0 Å². The highest BCUT2D eigenvalue weighted by Crippen LogP contribution is 2.23. The van der Waals surface area contributed by atoms with Crippen LogP contribution in [0.4, 0.5) is 8.78 Å². The van der Waals surface area contributed by atoms with Gasteiger partial charge in [-0.2, -0.15) is 0 Å². The summed E-state index contributed by atoms with van der Waals surface area (Å²) >= 11 is 0. The lowest BCUT2D eigenvalue weighted by Gasteiger charge is -2.15. The molecule has 2 rings (SSSR count). The first-order valence-corrected chi connectivity index (χ1v) is 7.79. The molecule has 1 heterocycles. The van der Waals surface area contributed by atoms with Crippen molar-refractivity contribution in [2.45, 2.75) is 39.7 Å². The van der Waals surface area contributed by atoms with E-state index in [1.54, 1.807) is 13.0 Å². The fourth-order valence-corrected chi connectivity index (χ4v) is 2.81. The van der Waals surface area contributed by atoms with Gasteiger partial charge in [0, 0.05) is 23.5 Å². The monoisotopic (exact) mass is 350 g/mol. The van der Waals surface area contributed by atoms with Gasteiger partial charge in [-0.25, -0.2) is 13.6 Å². The Morgan fingerprint density at radius 2 is 1.84 bits per heavy atom. The number of para-hydroxylation sites is 1. The molecular weight excluding hydrogens is 330 g/mol. The molecule has 0 radical (unpaired) electrons. The number of nitrogens with one attached hydrogen (secondary N) is 1. The van der Waals surface area contributed by atoms with E-state index in [1.807, 2.05) is 42.7 Å². The number of benzene rings is 1. The van der Waals surface area contributed by atoms with Crippen molar-refractivity contribution < 1.29 is 23.5 Å². The Morgan fingerprint density at radius 3 is 2.40 bits per heavy atom. The third kappa shape index (κ3) is 4.04. The smallest absolute Gasteiger partial charge is 0.326 e. The van der Waals surface area contributed by atoms with E-state index in [0.29, 0.717) is 5.69 Å². The largest absolute Gasteiger partial charge is 0.480 e. The summed E-state index contributed by atoms with van der Waals surface area (Å²) in [5.41, 5.74) is 3.58. The number of nitrogens with zero attached hydrogens (tertiary/aromatic N) is 1. The highest BCUT2D eigenvalue weighted by atomic mass is 19.3. The standard InChI is InChI=1S/C18H20F2N2O3/c1-10-6-4-5-7-15(10)22-11(2)8-13(12(22)3)17(23)21-14(18(24)25)9-16(19)20/h4-8,14,16H,9H2,1-3H3,(H,21,23)(H,24,25). The van der Waals surface area contributed by atoms with E-state index in [2.05, 4.69) is 5.32 Å². The van der Waals surface area contributed by atoms with Crippen LogP contribution in [0.1, 0.15) is 33.7 Å². The van der Waals surface area contributed by atoms with Crippen LogP contribution in [0.15, 0.2) is 30.3 Å². The van der Waals surface area contributed by atoms with Crippen LogP contribution in [0.3, 0.4) is 0 Å². The molecule has 7 heteroatoms. The van der Waals surface area contributed by atoms with E-state index in [-0.39, 0.29) is 5.56 Å². The van der Waals surface area contributed by atoms with Gasteiger partial charge >= 0.3 is 5.97 Å². The quantitative estimate of drug-likeness (QED) is 0.840. The maximum Gasteiger partial charge on any atom is 0.326 e. The molecule has 0 saturated heterocycles. The first-order valence-electron chi connectivity index (χ1n) is 7.79. The zero-order valence-electron chi connectivity index (χ0n) is 14.2. The summed E-state index contributed by atoms with van der Waals surface area (Å²) in [5.74, 6) is -2.16. The molecule has 0 aliphatic carbocycles. The van der Waals surface area contributed by atoms with Gasteiger partial charge in [-0.15, -0.1) is 0 Å². The fourth-order valence-electron chi connectivity index (χ4n) is 2.81. The third-order valence-corrected chi connectivity index (χ3v) is 4.05. The summed E-state index contributed by atoms with van der Waals surface area (Å²) in [5, 5.41) is 11.2. The van der Waals surface area contributed by atoms with Crippen molar-refractivity contribution in [3.05, 3.63) is 52.8 Å². The second-order valence-corrected chi connectivity index (χ2v) is 5.90. The zero-order valence-corrected chi connectivity index (χ0v) is 14.2. The van der Waals surface area contributed by atoms with Gasteiger partial charge in [0.2, 0.25) is 6.43 Å². The summed E-state index contributed by atoms with van der Waals surface area (Å²) in [6.45, 7) is 5.50. The number of carboxylic acid groups (broad SMARTS) is 1. The Kier molecular flexibility index (Phi) is 5.56. The van der Waals surface area contributed by atoms with E-state index in [4.69, 9.17) is 5.11 Å². The van der Waals surface area contributed by atoms with Crippen LogP contribution in [0.5, 0.6) is 0 Å². The van der Waals surface area contributed by atoms with Gasteiger partial charge in [-0.1, -0.05) is 18.2 Å². The Labute approximate surface area is 144 Å². The molecule has 1 amide bonds. The molecule has 1 aromatic carbocycles. The van der Waals surface area contributed by atoms with Gasteiger partial charge in [-0.3, -0.25) is 4.79 Å².